The normalized spacial score (nSPS) is 12.1. The number of benzene rings is 2. The lowest BCUT2D eigenvalue weighted by Gasteiger charge is -2.15. The topological polar surface area (TPSA) is 21.3 Å². The lowest BCUT2D eigenvalue weighted by molar-refractivity contribution is 0.306. The Hall–Kier alpha value is -1.80. The SMILES string of the molecule is CCCCC(CC)CNCc1ccc(OCc2ccc(C)cc2)cc1. The molecule has 0 aliphatic rings. The predicted octanol–water partition coefficient (Wildman–Crippen LogP) is 5.88. The van der Waals surface area contributed by atoms with Crippen LogP contribution in [0.1, 0.15) is 56.2 Å². The third-order valence-electron chi connectivity index (χ3n) is 4.75. The van der Waals surface area contributed by atoms with Crippen molar-refractivity contribution in [1.82, 2.24) is 5.32 Å². The van der Waals surface area contributed by atoms with E-state index in [1.165, 1.54) is 42.4 Å². The van der Waals surface area contributed by atoms with Gasteiger partial charge in [-0.25, -0.2) is 0 Å². The van der Waals surface area contributed by atoms with Crippen molar-refractivity contribution >= 4 is 0 Å². The summed E-state index contributed by atoms with van der Waals surface area (Å²) < 4.78 is 5.87. The van der Waals surface area contributed by atoms with Crippen molar-refractivity contribution in [2.75, 3.05) is 6.54 Å². The highest BCUT2D eigenvalue weighted by molar-refractivity contribution is 5.28. The van der Waals surface area contributed by atoms with Crippen molar-refractivity contribution in [3.05, 3.63) is 65.2 Å². The molecule has 2 aromatic carbocycles. The number of hydrogen-bond acceptors (Lipinski definition) is 2. The molecule has 2 heteroatoms. The highest BCUT2D eigenvalue weighted by Gasteiger charge is 2.05. The molecule has 0 saturated heterocycles. The molecule has 0 aromatic heterocycles. The average molecular weight is 340 g/mol. The first kappa shape index (κ1) is 19.5. The molecule has 1 N–H and O–H groups in total. The highest BCUT2D eigenvalue weighted by atomic mass is 16.5. The summed E-state index contributed by atoms with van der Waals surface area (Å²) in [6.07, 6.45) is 5.23. The van der Waals surface area contributed by atoms with E-state index < -0.39 is 0 Å². The Kier molecular flexibility index (Phi) is 8.54. The Bertz CT molecular complexity index is 588. The summed E-state index contributed by atoms with van der Waals surface area (Å²) in [6.45, 7) is 9.32. The molecule has 0 fully saturated rings. The van der Waals surface area contributed by atoms with Gasteiger partial charge in [0.2, 0.25) is 0 Å². The molecule has 1 unspecified atom stereocenters. The lowest BCUT2D eigenvalue weighted by Crippen LogP contribution is -2.22. The summed E-state index contributed by atoms with van der Waals surface area (Å²) >= 11 is 0. The van der Waals surface area contributed by atoms with E-state index in [9.17, 15) is 0 Å². The molecule has 1 atom stereocenters. The molecule has 136 valence electrons. The van der Waals surface area contributed by atoms with E-state index in [1.807, 2.05) is 0 Å². The molecule has 2 aromatic rings. The smallest absolute Gasteiger partial charge is 0.119 e. The van der Waals surface area contributed by atoms with Crippen LogP contribution in [0.5, 0.6) is 5.75 Å². The highest BCUT2D eigenvalue weighted by Crippen LogP contribution is 2.15. The Labute approximate surface area is 153 Å². The number of unbranched alkanes of at least 4 members (excludes halogenated alkanes) is 1. The zero-order valence-corrected chi connectivity index (χ0v) is 16.1. The Balaban J connectivity index is 1.72. The van der Waals surface area contributed by atoms with Crippen LogP contribution in [0.3, 0.4) is 0 Å². The van der Waals surface area contributed by atoms with Gasteiger partial charge in [-0.2, -0.15) is 0 Å². The van der Waals surface area contributed by atoms with Crippen LogP contribution in [0, 0.1) is 12.8 Å². The Morgan fingerprint density at radius 3 is 2.24 bits per heavy atom. The van der Waals surface area contributed by atoms with Gasteiger partial charge < -0.3 is 10.1 Å². The van der Waals surface area contributed by atoms with Crippen molar-refractivity contribution in [3.8, 4) is 5.75 Å². The largest absolute Gasteiger partial charge is 0.489 e. The first-order valence-electron chi connectivity index (χ1n) is 9.69. The van der Waals surface area contributed by atoms with Crippen molar-refractivity contribution in [3.63, 3.8) is 0 Å². The molecular weight excluding hydrogens is 306 g/mol. The summed E-state index contributed by atoms with van der Waals surface area (Å²) in [5.41, 5.74) is 3.79. The summed E-state index contributed by atoms with van der Waals surface area (Å²) in [5, 5.41) is 3.60. The number of nitrogens with one attached hydrogen (secondary N) is 1. The van der Waals surface area contributed by atoms with Crippen LogP contribution in [0.15, 0.2) is 48.5 Å². The molecule has 25 heavy (non-hydrogen) atoms. The van der Waals surface area contributed by atoms with Gasteiger partial charge in [-0.3, -0.25) is 0 Å². The maximum atomic E-state index is 5.87. The fourth-order valence-electron chi connectivity index (χ4n) is 2.92. The third-order valence-corrected chi connectivity index (χ3v) is 4.75. The number of aryl methyl sites for hydroxylation is 1. The van der Waals surface area contributed by atoms with Gasteiger partial charge in [0, 0.05) is 6.54 Å². The number of ether oxygens (including phenoxy) is 1. The van der Waals surface area contributed by atoms with E-state index in [2.05, 4.69) is 74.6 Å². The second-order valence-electron chi connectivity index (χ2n) is 6.97. The molecule has 2 nitrogen and oxygen atoms in total. The second kappa shape index (κ2) is 10.9. The first-order valence-corrected chi connectivity index (χ1v) is 9.69. The maximum Gasteiger partial charge on any atom is 0.119 e. The number of hydrogen-bond donors (Lipinski definition) is 1. The van der Waals surface area contributed by atoms with Gasteiger partial charge in [-0.05, 0) is 49.1 Å². The van der Waals surface area contributed by atoms with Crippen LogP contribution in [0.4, 0.5) is 0 Å². The van der Waals surface area contributed by atoms with Crippen LogP contribution in [-0.4, -0.2) is 6.54 Å². The first-order chi connectivity index (χ1) is 12.2. The van der Waals surface area contributed by atoms with Gasteiger partial charge >= 0.3 is 0 Å². The molecule has 0 aliphatic carbocycles. The minimum Gasteiger partial charge on any atom is -0.489 e. The van der Waals surface area contributed by atoms with Crippen LogP contribution in [-0.2, 0) is 13.2 Å². The summed E-state index contributed by atoms with van der Waals surface area (Å²) in [5.74, 6) is 1.73. The van der Waals surface area contributed by atoms with E-state index in [4.69, 9.17) is 4.74 Å². The fraction of sp³-hybridized carbons (Fsp3) is 0.478. The summed E-state index contributed by atoms with van der Waals surface area (Å²) in [6, 6.07) is 16.9. The maximum absolute atomic E-state index is 5.87. The molecule has 0 amide bonds. The van der Waals surface area contributed by atoms with Gasteiger partial charge in [0.15, 0.2) is 0 Å². The molecule has 0 saturated carbocycles. The Morgan fingerprint density at radius 1 is 0.920 bits per heavy atom. The number of rotatable bonds is 11. The summed E-state index contributed by atoms with van der Waals surface area (Å²) in [7, 11) is 0. The third kappa shape index (κ3) is 7.31. The zero-order chi connectivity index (χ0) is 17.9. The molecule has 0 radical (unpaired) electrons. The minimum atomic E-state index is 0.619. The molecule has 0 bridgehead atoms. The van der Waals surface area contributed by atoms with Crippen molar-refractivity contribution < 1.29 is 4.74 Å². The molecular formula is C23H33NO. The van der Waals surface area contributed by atoms with Crippen LogP contribution in [0.2, 0.25) is 0 Å². The zero-order valence-electron chi connectivity index (χ0n) is 16.1. The minimum absolute atomic E-state index is 0.619. The average Bonchev–Trinajstić information content (AvgIpc) is 2.65. The van der Waals surface area contributed by atoms with Crippen LogP contribution < -0.4 is 10.1 Å². The van der Waals surface area contributed by atoms with Gasteiger partial charge in [0.25, 0.3) is 0 Å². The fourth-order valence-corrected chi connectivity index (χ4v) is 2.92. The van der Waals surface area contributed by atoms with E-state index >= 15 is 0 Å². The van der Waals surface area contributed by atoms with E-state index in [1.54, 1.807) is 0 Å². The Morgan fingerprint density at radius 2 is 1.60 bits per heavy atom. The van der Waals surface area contributed by atoms with Gasteiger partial charge in [-0.1, -0.05) is 75.1 Å². The quantitative estimate of drug-likeness (QED) is 0.552. The van der Waals surface area contributed by atoms with E-state index in [0.717, 1.165) is 24.8 Å². The van der Waals surface area contributed by atoms with Crippen LogP contribution >= 0.6 is 0 Å². The van der Waals surface area contributed by atoms with E-state index in [-0.39, 0.29) is 0 Å². The monoisotopic (exact) mass is 339 g/mol. The van der Waals surface area contributed by atoms with Gasteiger partial charge in [-0.15, -0.1) is 0 Å². The predicted molar refractivity (Wildman–Crippen MR) is 107 cm³/mol. The standard InChI is InChI=1S/C23H33NO/c1-4-6-7-20(5-2)16-24-17-21-12-14-23(15-13-21)25-18-22-10-8-19(3)9-11-22/h8-15,20,24H,4-7,16-18H2,1-3H3. The molecule has 0 spiro atoms. The van der Waals surface area contributed by atoms with Gasteiger partial charge in [0.05, 0.1) is 0 Å². The van der Waals surface area contributed by atoms with Gasteiger partial charge in [0.1, 0.15) is 12.4 Å². The second-order valence-corrected chi connectivity index (χ2v) is 6.97. The van der Waals surface area contributed by atoms with E-state index in [0.29, 0.717) is 6.61 Å². The van der Waals surface area contributed by atoms with Crippen molar-refractivity contribution in [2.45, 2.75) is 59.6 Å². The molecule has 0 aliphatic heterocycles. The van der Waals surface area contributed by atoms with Crippen LogP contribution in [0.25, 0.3) is 0 Å². The van der Waals surface area contributed by atoms with Crippen molar-refractivity contribution in [2.24, 2.45) is 5.92 Å². The summed E-state index contributed by atoms with van der Waals surface area (Å²) in [4.78, 5) is 0. The lowest BCUT2D eigenvalue weighted by atomic mass is 9.99. The molecule has 2 rings (SSSR count). The van der Waals surface area contributed by atoms with Crippen molar-refractivity contribution in [1.29, 1.82) is 0 Å². The molecule has 0 heterocycles.